The van der Waals surface area contributed by atoms with Gasteiger partial charge in [-0.3, -0.25) is 4.79 Å². The summed E-state index contributed by atoms with van der Waals surface area (Å²) in [5, 5.41) is 1.22. The summed E-state index contributed by atoms with van der Waals surface area (Å²) in [7, 11) is 2.33. The van der Waals surface area contributed by atoms with Crippen molar-refractivity contribution in [3.63, 3.8) is 0 Å². The lowest BCUT2D eigenvalue weighted by atomic mass is 9.72. The molecule has 2 radical (unpaired) electrons. The molecular weight excluding hydrogens is 319 g/mol. The van der Waals surface area contributed by atoms with Gasteiger partial charge in [0.2, 0.25) is 5.91 Å². The summed E-state index contributed by atoms with van der Waals surface area (Å²) in [6.07, 6.45) is 2.95. The van der Waals surface area contributed by atoms with Crippen molar-refractivity contribution in [2.45, 2.75) is 26.4 Å². The highest BCUT2D eigenvalue weighted by Crippen LogP contribution is 2.42. The number of carbonyl (C=O) groups is 1. The number of hydrogen-bond donors (Lipinski definition) is 1. The lowest BCUT2D eigenvalue weighted by Gasteiger charge is -2.38. The van der Waals surface area contributed by atoms with Gasteiger partial charge in [-0.2, -0.15) is 0 Å². The van der Waals surface area contributed by atoms with E-state index in [0.29, 0.717) is 16.1 Å². The second kappa shape index (κ2) is 7.03. The predicted octanol–water partition coefficient (Wildman–Crippen LogP) is 2.27. The molecule has 24 heavy (non-hydrogen) atoms. The molecule has 1 N–H and O–H groups in total. The number of halogens is 1. The number of nitrogens with one attached hydrogen (secondary N) is 1. The van der Waals surface area contributed by atoms with Crippen LogP contribution in [0.4, 0.5) is 4.39 Å². The molecule has 0 fully saturated rings. The zero-order valence-electron chi connectivity index (χ0n) is 14.3. The molecule has 3 unspecified atom stereocenters. The Labute approximate surface area is 145 Å². The Morgan fingerprint density at radius 3 is 2.96 bits per heavy atom. The van der Waals surface area contributed by atoms with E-state index in [-0.39, 0.29) is 17.7 Å². The van der Waals surface area contributed by atoms with Gasteiger partial charge >= 0.3 is 0 Å². The number of amides is 1. The van der Waals surface area contributed by atoms with E-state index in [1.165, 1.54) is 5.19 Å². The van der Waals surface area contributed by atoms with Crippen LogP contribution >= 0.6 is 0 Å². The molecule has 5 heteroatoms. The van der Waals surface area contributed by atoms with Gasteiger partial charge in [0.25, 0.3) is 0 Å². The highest BCUT2D eigenvalue weighted by molar-refractivity contribution is 6.50. The Morgan fingerprint density at radius 1 is 1.42 bits per heavy atom. The molecule has 1 aromatic rings. The van der Waals surface area contributed by atoms with Crippen molar-refractivity contribution in [2.75, 3.05) is 13.6 Å². The number of benzene rings is 1. The fourth-order valence-electron chi connectivity index (χ4n) is 3.55. The maximum Gasteiger partial charge on any atom is 0.234 e. The van der Waals surface area contributed by atoms with Gasteiger partial charge in [0.1, 0.15) is 6.17 Å². The molecule has 126 valence electrons. The third-order valence-corrected chi connectivity index (χ3v) is 5.82. The zero-order chi connectivity index (χ0) is 17.3. The largest absolute Gasteiger partial charge is 0.336 e. The SMILES string of the molecule is CCN[Si]c1cccc(C2=CN(C)C(=O)C3C2=CC(F)CC3C)c1. The van der Waals surface area contributed by atoms with Crippen LogP contribution < -0.4 is 10.2 Å². The van der Waals surface area contributed by atoms with Crippen molar-refractivity contribution in [2.24, 2.45) is 11.8 Å². The van der Waals surface area contributed by atoms with Crippen LogP contribution in [0.1, 0.15) is 25.8 Å². The van der Waals surface area contributed by atoms with E-state index in [1.54, 1.807) is 18.0 Å². The van der Waals surface area contributed by atoms with Crippen molar-refractivity contribution < 1.29 is 9.18 Å². The Bertz CT molecular complexity index is 700. The lowest BCUT2D eigenvalue weighted by molar-refractivity contribution is -0.132. The molecule has 3 nitrogen and oxygen atoms in total. The normalized spacial score (nSPS) is 26.8. The molecule has 1 amide bonds. The van der Waals surface area contributed by atoms with E-state index in [1.807, 2.05) is 25.3 Å². The van der Waals surface area contributed by atoms with Crippen molar-refractivity contribution in [1.29, 1.82) is 0 Å². The fourth-order valence-corrected chi connectivity index (χ4v) is 4.33. The molecular formula is C19H23FN2OSi. The second-order valence-electron chi connectivity index (χ2n) is 6.56. The van der Waals surface area contributed by atoms with Crippen LogP contribution in [0.25, 0.3) is 5.57 Å². The Morgan fingerprint density at radius 2 is 2.21 bits per heavy atom. The standard InChI is InChI=1S/C19H23FN2OSi/c1-4-21-24-15-7-5-6-13(9-15)17-11-22(3)19(23)18-12(2)8-14(20)10-16(17)18/h5-7,9-12,14,18,21H,4,8H2,1-3H3. The van der Waals surface area contributed by atoms with Crippen molar-refractivity contribution in [1.82, 2.24) is 9.88 Å². The van der Waals surface area contributed by atoms with E-state index in [9.17, 15) is 9.18 Å². The summed E-state index contributed by atoms with van der Waals surface area (Å²) >= 11 is 0. The molecule has 1 aliphatic heterocycles. The molecule has 0 aromatic heterocycles. The minimum absolute atomic E-state index is 0.0189. The summed E-state index contributed by atoms with van der Waals surface area (Å²) in [6.45, 7) is 4.99. The molecule has 0 saturated carbocycles. The molecule has 2 aliphatic rings. The summed E-state index contributed by atoms with van der Waals surface area (Å²) in [5.74, 6) is -0.151. The molecule has 1 heterocycles. The number of alkyl halides is 1. The fraction of sp³-hybridized carbons (Fsp3) is 0.421. The summed E-state index contributed by atoms with van der Waals surface area (Å²) < 4.78 is 14.1. The number of rotatable bonds is 4. The van der Waals surface area contributed by atoms with E-state index >= 15 is 0 Å². The molecule has 0 saturated heterocycles. The number of fused-ring (bicyclic) bond motifs is 1. The van der Waals surface area contributed by atoms with Crippen LogP contribution in [0.5, 0.6) is 0 Å². The minimum Gasteiger partial charge on any atom is -0.336 e. The smallest absolute Gasteiger partial charge is 0.234 e. The van der Waals surface area contributed by atoms with Crippen LogP contribution in [0.2, 0.25) is 0 Å². The zero-order valence-corrected chi connectivity index (χ0v) is 15.3. The summed E-state index contributed by atoms with van der Waals surface area (Å²) in [6, 6.07) is 8.30. The first-order chi connectivity index (χ1) is 11.5. The van der Waals surface area contributed by atoms with Gasteiger partial charge in [0.15, 0.2) is 9.68 Å². The average molecular weight is 342 g/mol. The highest BCUT2D eigenvalue weighted by atomic mass is 28.2. The van der Waals surface area contributed by atoms with E-state index in [0.717, 1.165) is 23.3 Å². The van der Waals surface area contributed by atoms with Crippen LogP contribution in [-0.4, -0.2) is 40.3 Å². The molecule has 0 spiro atoms. The van der Waals surface area contributed by atoms with Crippen molar-refractivity contribution in [3.8, 4) is 0 Å². The quantitative estimate of drug-likeness (QED) is 0.852. The first-order valence-electron chi connectivity index (χ1n) is 8.45. The average Bonchev–Trinajstić information content (AvgIpc) is 2.56. The Kier molecular flexibility index (Phi) is 5.01. The first-order valence-corrected chi connectivity index (χ1v) is 9.45. The topological polar surface area (TPSA) is 32.3 Å². The molecule has 0 bridgehead atoms. The molecule has 3 rings (SSSR count). The lowest BCUT2D eigenvalue weighted by Crippen LogP contribution is -2.41. The van der Waals surface area contributed by atoms with Gasteiger partial charge in [-0.1, -0.05) is 38.1 Å². The van der Waals surface area contributed by atoms with Crippen LogP contribution in [0.15, 0.2) is 42.1 Å². The van der Waals surface area contributed by atoms with Gasteiger partial charge in [-0.25, -0.2) is 4.39 Å². The van der Waals surface area contributed by atoms with Gasteiger partial charge in [0.05, 0.1) is 5.92 Å². The summed E-state index contributed by atoms with van der Waals surface area (Å²) in [4.78, 5) is 17.6. The number of carbonyl (C=O) groups excluding carboxylic acids is 1. The number of hydrogen-bond acceptors (Lipinski definition) is 2. The third kappa shape index (κ3) is 3.23. The summed E-state index contributed by atoms with van der Waals surface area (Å²) in [5.41, 5.74) is 2.88. The van der Waals surface area contributed by atoms with Crippen LogP contribution in [-0.2, 0) is 4.79 Å². The van der Waals surface area contributed by atoms with Gasteiger partial charge in [-0.15, -0.1) is 0 Å². The van der Waals surface area contributed by atoms with Crippen LogP contribution in [0.3, 0.4) is 0 Å². The van der Waals surface area contributed by atoms with Crippen molar-refractivity contribution >= 4 is 26.3 Å². The van der Waals surface area contributed by atoms with E-state index < -0.39 is 6.17 Å². The molecule has 1 aliphatic carbocycles. The first kappa shape index (κ1) is 17.1. The Hall–Kier alpha value is -1.72. The predicted molar refractivity (Wildman–Crippen MR) is 96.5 cm³/mol. The molecule has 3 atom stereocenters. The Balaban J connectivity index is 2.02. The maximum absolute atomic E-state index is 14.1. The van der Waals surface area contributed by atoms with Crippen LogP contribution in [0, 0.1) is 11.8 Å². The monoisotopic (exact) mass is 342 g/mol. The highest BCUT2D eigenvalue weighted by Gasteiger charge is 2.40. The minimum atomic E-state index is -0.974. The second-order valence-corrected chi connectivity index (χ2v) is 7.74. The van der Waals surface area contributed by atoms with Crippen molar-refractivity contribution in [3.05, 3.63) is 47.7 Å². The number of nitrogens with zero attached hydrogens (tertiary/aromatic N) is 1. The maximum atomic E-state index is 14.1. The third-order valence-electron chi connectivity index (χ3n) is 4.69. The molecule has 1 aromatic carbocycles. The van der Waals surface area contributed by atoms with Gasteiger partial charge in [-0.05, 0) is 41.3 Å². The van der Waals surface area contributed by atoms with E-state index in [2.05, 4.69) is 24.0 Å². The van der Waals surface area contributed by atoms with E-state index in [4.69, 9.17) is 0 Å². The van der Waals surface area contributed by atoms with Gasteiger partial charge in [0, 0.05) is 18.8 Å². The number of allylic oxidation sites excluding steroid dienone is 2. The van der Waals surface area contributed by atoms with Gasteiger partial charge < -0.3 is 9.88 Å².